The second-order valence-electron chi connectivity index (χ2n) is 5.23. The van der Waals surface area contributed by atoms with Gasteiger partial charge in [0, 0.05) is 10.9 Å². The zero-order chi connectivity index (χ0) is 18.1. The first-order valence-electron chi connectivity index (χ1n) is 7.09. The summed E-state index contributed by atoms with van der Waals surface area (Å²) in [6.45, 7) is 1.81. The normalized spacial score (nSPS) is 16.3. The molecule has 0 saturated carbocycles. The van der Waals surface area contributed by atoms with E-state index in [9.17, 15) is 24.5 Å². The number of hydrogen-bond acceptors (Lipinski definition) is 6. The van der Waals surface area contributed by atoms with Crippen molar-refractivity contribution in [1.29, 1.82) is 0 Å². The van der Waals surface area contributed by atoms with Gasteiger partial charge in [-0.05, 0) is 36.8 Å². The van der Waals surface area contributed by atoms with E-state index < -0.39 is 22.8 Å². The number of hydrogen-bond donors (Lipinski definition) is 1. The fourth-order valence-electron chi connectivity index (χ4n) is 2.32. The smallest absolute Gasteiger partial charge is 0.273 e. The predicted octanol–water partition coefficient (Wildman–Crippen LogP) is 2.63. The third kappa shape index (κ3) is 3.17. The minimum absolute atomic E-state index is 0.109. The van der Waals surface area contributed by atoms with Crippen LogP contribution in [0.3, 0.4) is 0 Å². The number of nitrogens with one attached hydrogen (secondary N) is 1. The number of barbiturate groups is 1. The Morgan fingerprint density at radius 2 is 1.96 bits per heavy atom. The Hall–Kier alpha value is -3.33. The summed E-state index contributed by atoms with van der Waals surface area (Å²) in [5.41, 5.74) is 0.908. The maximum absolute atomic E-state index is 12.6. The lowest BCUT2D eigenvalue weighted by atomic mass is 10.1. The molecule has 25 heavy (non-hydrogen) atoms. The molecule has 0 atom stereocenters. The van der Waals surface area contributed by atoms with Crippen LogP contribution in [0.1, 0.15) is 10.4 Å². The third-order valence-electron chi connectivity index (χ3n) is 3.44. The van der Waals surface area contributed by atoms with E-state index in [1.54, 1.807) is 18.2 Å². The number of thiophene rings is 1. The Morgan fingerprint density at radius 3 is 2.60 bits per heavy atom. The number of nitro groups is 1. The number of carbonyl (C=O) groups excluding carboxylic acids is 3. The number of nitrogens with zero attached hydrogens (tertiary/aromatic N) is 2. The first-order valence-corrected chi connectivity index (χ1v) is 7.91. The van der Waals surface area contributed by atoms with Gasteiger partial charge in [0.25, 0.3) is 11.8 Å². The number of urea groups is 1. The SMILES string of the molecule is Cc1cccc(N2C(=O)NC(=O)/C(=C\c3ccc([N+](=O)[O-])s3)C2=O)c1. The van der Waals surface area contributed by atoms with Crippen LogP contribution >= 0.6 is 11.3 Å². The van der Waals surface area contributed by atoms with Crippen LogP contribution in [-0.2, 0) is 9.59 Å². The monoisotopic (exact) mass is 357 g/mol. The molecule has 1 aliphatic rings. The van der Waals surface area contributed by atoms with Crippen LogP contribution in [0.15, 0.2) is 42.0 Å². The Labute approximate surface area is 145 Å². The lowest BCUT2D eigenvalue weighted by Crippen LogP contribution is -2.54. The Kier molecular flexibility index (Phi) is 4.15. The van der Waals surface area contributed by atoms with E-state index >= 15 is 0 Å². The molecular weight excluding hydrogens is 346 g/mol. The van der Waals surface area contributed by atoms with E-state index in [0.29, 0.717) is 10.6 Å². The highest BCUT2D eigenvalue weighted by Crippen LogP contribution is 2.28. The predicted molar refractivity (Wildman–Crippen MR) is 91.2 cm³/mol. The molecule has 1 saturated heterocycles. The molecule has 1 N–H and O–H groups in total. The van der Waals surface area contributed by atoms with Crippen molar-refractivity contribution in [2.75, 3.05) is 4.90 Å². The van der Waals surface area contributed by atoms with Crippen molar-refractivity contribution in [1.82, 2.24) is 5.32 Å². The van der Waals surface area contributed by atoms with Gasteiger partial charge in [0.2, 0.25) is 0 Å². The number of benzene rings is 1. The number of anilines is 1. The second-order valence-corrected chi connectivity index (χ2v) is 6.32. The molecule has 4 amide bonds. The van der Waals surface area contributed by atoms with Gasteiger partial charge in [0.1, 0.15) is 5.57 Å². The van der Waals surface area contributed by atoms with E-state index in [1.165, 1.54) is 18.2 Å². The van der Waals surface area contributed by atoms with Crippen LogP contribution in [0.4, 0.5) is 15.5 Å². The van der Waals surface area contributed by atoms with E-state index in [-0.39, 0.29) is 10.6 Å². The molecule has 0 aliphatic carbocycles. The summed E-state index contributed by atoms with van der Waals surface area (Å²) in [7, 11) is 0. The number of carbonyl (C=O) groups is 3. The number of rotatable bonds is 3. The Bertz CT molecular complexity index is 947. The van der Waals surface area contributed by atoms with Gasteiger partial charge in [-0.2, -0.15) is 0 Å². The average molecular weight is 357 g/mol. The van der Waals surface area contributed by atoms with Gasteiger partial charge in [0.15, 0.2) is 0 Å². The van der Waals surface area contributed by atoms with Crippen LogP contribution in [0.5, 0.6) is 0 Å². The molecule has 2 heterocycles. The van der Waals surface area contributed by atoms with Crippen molar-refractivity contribution < 1.29 is 19.3 Å². The van der Waals surface area contributed by atoms with Crippen molar-refractivity contribution in [2.45, 2.75) is 6.92 Å². The largest absolute Gasteiger partial charge is 0.335 e. The molecule has 0 bridgehead atoms. The van der Waals surface area contributed by atoms with E-state index in [0.717, 1.165) is 21.8 Å². The highest BCUT2D eigenvalue weighted by molar-refractivity contribution is 7.16. The van der Waals surface area contributed by atoms with Gasteiger partial charge >= 0.3 is 11.0 Å². The molecule has 1 fully saturated rings. The summed E-state index contributed by atoms with van der Waals surface area (Å²) < 4.78 is 0. The minimum Gasteiger partial charge on any atom is -0.273 e. The van der Waals surface area contributed by atoms with Crippen molar-refractivity contribution >= 4 is 45.9 Å². The van der Waals surface area contributed by atoms with Crippen LogP contribution in [-0.4, -0.2) is 22.8 Å². The van der Waals surface area contributed by atoms with Crippen LogP contribution in [0.2, 0.25) is 0 Å². The second kappa shape index (κ2) is 6.29. The standard InChI is InChI=1S/C16H11N3O5S/c1-9-3-2-4-10(7-9)18-15(21)12(14(20)17-16(18)22)8-11-5-6-13(25-11)19(23)24/h2-8H,1H3,(H,17,20,22)/b12-8+. The lowest BCUT2D eigenvalue weighted by molar-refractivity contribution is -0.380. The molecule has 0 radical (unpaired) electrons. The first-order chi connectivity index (χ1) is 11.9. The van der Waals surface area contributed by atoms with Gasteiger partial charge in [0.05, 0.1) is 10.6 Å². The van der Waals surface area contributed by atoms with Gasteiger partial charge in [-0.1, -0.05) is 23.5 Å². The molecule has 9 heteroatoms. The number of aryl methyl sites for hydroxylation is 1. The molecule has 1 aromatic heterocycles. The highest BCUT2D eigenvalue weighted by atomic mass is 32.1. The van der Waals surface area contributed by atoms with Gasteiger partial charge in [-0.25, -0.2) is 9.69 Å². The fourth-order valence-corrected chi connectivity index (χ4v) is 3.08. The molecule has 2 aromatic rings. The average Bonchev–Trinajstić information content (AvgIpc) is 3.00. The van der Waals surface area contributed by atoms with Crippen LogP contribution < -0.4 is 10.2 Å². The molecular formula is C16H11N3O5S. The van der Waals surface area contributed by atoms with Crippen molar-refractivity contribution in [3.05, 3.63) is 62.5 Å². The highest BCUT2D eigenvalue weighted by Gasteiger charge is 2.37. The lowest BCUT2D eigenvalue weighted by Gasteiger charge is -2.26. The zero-order valence-electron chi connectivity index (χ0n) is 12.9. The number of amides is 4. The summed E-state index contributed by atoms with van der Waals surface area (Å²) >= 11 is 0.828. The first kappa shape index (κ1) is 16.5. The van der Waals surface area contributed by atoms with Crippen LogP contribution in [0.25, 0.3) is 6.08 Å². The van der Waals surface area contributed by atoms with Gasteiger partial charge in [-0.15, -0.1) is 0 Å². The van der Waals surface area contributed by atoms with E-state index in [2.05, 4.69) is 5.32 Å². The van der Waals surface area contributed by atoms with E-state index in [4.69, 9.17) is 0 Å². The zero-order valence-corrected chi connectivity index (χ0v) is 13.7. The van der Waals surface area contributed by atoms with Gasteiger partial charge in [-0.3, -0.25) is 25.0 Å². The molecule has 1 aliphatic heterocycles. The minimum atomic E-state index is -0.838. The molecule has 0 unspecified atom stereocenters. The quantitative estimate of drug-likeness (QED) is 0.393. The summed E-state index contributed by atoms with van der Waals surface area (Å²) in [4.78, 5) is 48.2. The topological polar surface area (TPSA) is 110 Å². The molecule has 1 aromatic carbocycles. The van der Waals surface area contributed by atoms with Crippen molar-refractivity contribution in [2.24, 2.45) is 0 Å². The number of imide groups is 2. The van der Waals surface area contributed by atoms with Crippen molar-refractivity contribution in [3.8, 4) is 0 Å². The fraction of sp³-hybridized carbons (Fsp3) is 0.0625. The molecule has 0 spiro atoms. The maximum atomic E-state index is 12.6. The summed E-state index contributed by atoms with van der Waals surface area (Å²) in [6, 6.07) is 8.59. The Balaban J connectivity index is 2.00. The third-order valence-corrected chi connectivity index (χ3v) is 4.42. The summed E-state index contributed by atoms with van der Waals surface area (Å²) in [5, 5.41) is 12.7. The summed E-state index contributed by atoms with van der Waals surface area (Å²) in [5.74, 6) is -1.62. The molecule has 3 rings (SSSR count). The van der Waals surface area contributed by atoms with Crippen molar-refractivity contribution in [3.63, 3.8) is 0 Å². The molecule has 126 valence electrons. The van der Waals surface area contributed by atoms with Crippen LogP contribution in [0, 0.1) is 17.0 Å². The summed E-state index contributed by atoms with van der Waals surface area (Å²) in [6.07, 6.45) is 1.24. The molecule has 8 nitrogen and oxygen atoms in total. The van der Waals surface area contributed by atoms with E-state index in [1.807, 2.05) is 13.0 Å². The maximum Gasteiger partial charge on any atom is 0.335 e. The Morgan fingerprint density at radius 1 is 1.20 bits per heavy atom. The van der Waals surface area contributed by atoms with Gasteiger partial charge < -0.3 is 0 Å².